The number of nitrogens with zero attached hydrogens (tertiary/aromatic N) is 3. The number of aliphatic hydroxyl groups excluding tert-OH is 1. The monoisotopic (exact) mass is 547 g/mol. The van der Waals surface area contributed by atoms with E-state index in [1.165, 1.54) is 0 Å². The van der Waals surface area contributed by atoms with E-state index in [0.717, 1.165) is 28.1 Å². The van der Waals surface area contributed by atoms with Gasteiger partial charge in [-0.25, -0.2) is 9.98 Å². The van der Waals surface area contributed by atoms with Crippen LogP contribution in [0.25, 0.3) is 0 Å². The van der Waals surface area contributed by atoms with Crippen molar-refractivity contribution in [2.45, 2.75) is 24.2 Å². The highest BCUT2D eigenvalue weighted by molar-refractivity contribution is 6.67. The molecule has 1 aliphatic heterocycles. The first kappa shape index (κ1) is 26.0. The van der Waals surface area contributed by atoms with E-state index in [4.69, 9.17) is 16.6 Å². The molecule has 2 atom stereocenters. The van der Waals surface area contributed by atoms with E-state index in [-0.39, 0.29) is 17.9 Å². The van der Waals surface area contributed by atoms with Crippen LogP contribution in [0, 0.1) is 0 Å². The number of amidine groups is 1. The number of aliphatic imine (C=N–C) groups is 1. The zero-order valence-corrected chi connectivity index (χ0v) is 22.6. The fourth-order valence-electron chi connectivity index (χ4n) is 5.61. The van der Waals surface area contributed by atoms with Gasteiger partial charge in [-0.3, -0.25) is 9.88 Å². The predicted octanol–water partition coefficient (Wildman–Crippen LogP) is 5.94. The molecule has 6 nitrogen and oxygen atoms in total. The Labute approximate surface area is 239 Å². The van der Waals surface area contributed by atoms with E-state index in [2.05, 4.69) is 105 Å². The van der Waals surface area contributed by atoms with Crippen LogP contribution in [0.4, 0.5) is 5.82 Å². The van der Waals surface area contributed by atoms with Crippen LogP contribution >= 0.6 is 11.6 Å². The summed E-state index contributed by atoms with van der Waals surface area (Å²) in [5.41, 5.74) is 4.32. The van der Waals surface area contributed by atoms with Gasteiger partial charge in [-0.05, 0) is 40.3 Å². The first-order chi connectivity index (χ1) is 19.7. The van der Waals surface area contributed by atoms with Crippen LogP contribution in [0.3, 0.4) is 0 Å². The fraction of sp³-hybridized carbons (Fsp3) is 0.152. The van der Waals surface area contributed by atoms with Crippen molar-refractivity contribution in [2.24, 2.45) is 4.99 Å². The lowest BCUT2D eigenvalue weighted by Gasteiger charge is -2.39. The average molecular weight is 548 g/mol. The smallest absolute Gasteiger partial charge is 0.198 e. The van der Waals surface area contributed by atoms with Crippen molar-refractivity contribution < 1.29 is 5.11 Å². The Morgan fingerprint density at radius 3 is 1.80 bits per heavy atom. The van der Waals surface area contributed by atoms with Crippen molar-refractivity contribution in [3.63, 3.8) is 0 Å². The number of rotatable bonds is 9. The lowest BCUT2D eigenvalue weighted by Crippen LogP contribution is -2.41. The topological polar surface area (TPSA) is 74.5 Å². The van der Waals surface area contributed by atoms with Gasteiger partial charge in [0, 0.05) is 6.04 Å². The van der Waals surface area contributed by atoms with Gasteiger partial charge in [-0.1, -0.05) is 121 Å². The van der Waals surface area contributed by atoms with Crippen molar-refractivity contribution in [2.75, 3.05) is 11.9 Å². The number of anilines is 1. The third kappa shape index (κ3) is 4.82. The van der Waals surface area contributed by atoms with Crippen molar-refractivity contribution in [3.05, 3.63) is 156 Å². The van der Waals surface area contributed by atoms with E-state index in [1.54, 1.807) is 0 Å². The minimum absolute atomic E-state index is 0.0516. The van der Waals surface area contributed by atoms with Gasteiger partial charge >= 0.3 is 0 Å². The number of benzene rings is 4. The number of aliphatic hydroxyl groups is 1. The van der Waals surface area contributed by atoms with E-state index in [0.29, 0.717) is 12.1 Å². The average Bonchev–Trinajstić information content (AvgIpc) is 3.43. The molecule has 0 aliphatic carbocycles. The van der Waals surface area contributed by atoms with Crippen molar-refractivity contribution in [3.8, 4) is 0 Å². The van der Waals surface area contributed by atoms with Crippen LogP contribution in [0.15, 0.2) is 133 Å². The standard InChI is InChI=1S/C33H30ClN5O/c34-32-37-30(36-28(22-40)21-24-13-5-1-6-14-24)29-31(38-32)39(23-35-29)33(25-15-7-2-8-16-25,26-17-9-3-10-18-26)27-19-11-4-12-20-27/h1-20,23,28,30,36,40H,21-22H2,(H,37,38)/t28?,30-/m0/s1. The van der Waals surface area contributed by atoms with E-state index >= 15 is 0 Å². The molecule has 1 unspecified atom stereocenters. The number of halogens is 1. The summed E-state index contributed by atoms with van der Waals surface area (Å²) in [6.45, 7) is -0.0516. The van der Waals surface area contributed by atoms with Gasteiger partial charge in [0.05, 0.1) is 12.9 Å². The predicted molar refractivity (Wildman–Crippen MR) is 161 cm³/mol. The molecule has 0 saturated carbocycles. The molecule has 0 fully saturated rings. The summed E-state index contributed by atoms with van der Waals surface area (Å²) >= 11 is 6.64. The minimum Gasteiger partial charge on any atom is -0.395 e. The Hall–Kier alpha value is -4.23. The second-order valence-corrected chi connectivity index (χ2v) is 10.2. The summed E-state index contributed by atoms with van der Waals surface area (Å²) in [6, 6.07) is 41.1. The molecule has 7 heteroatoms. The maximum atomic E-state index is 10.2. The van der Waals surface area contributed by atoms with Crippen LogP contribution < -0.4 is 10.6 Å². The van der Waals surface area contributed by atoms with Gasteiger partial charge in [-0.15, -0.1) is 0 Å². The molecule has 0 bridgehead atoms. The molecule has 5 aromatic rings. The normalized spacial score (nSPS) is 15.6. The number of nitrogens with one attached hydrogen (secondary N) is 2. The molecule has 6 rings (SSSR count). The van der Waals surface area contributed by atoms with Crippen LogP contribution in [0.1, 0.15) is 34.1 Å². The Morgan fingerprint density at radius 1 is 0.800 bits per heavy atom. The molecule has 4 aromatic carbocycles. The van der Waals surface area contributed by atoms with Gasteiger partial charge in [0.15, 0.2) is 5.29 Å². The largest absolute Gasteiger partial charge is 0.395 e. The molecule has 1 aromatic heterocycles. The Morgan fingerprint density at radius 2 is 1.30 bits per heavy atom. The van der Waals surface area contributed by atoms with Gasteiger partial charge < -0.3 is 10.4 Å². The quantitative estimate of drug-likeness (QED) is 0.158. The highest BCUT2D eigenvalue weighted by Gasteiger charge is 2.42. The molecule has 40 heavy (non-hydrogen) atoms. The second kappa shape index (κ2) is 11.5. The highest BCUT2D eigenvalue weighted by Crippen LogP contribution is 2.44. The lowest BCUT2D eigenvalue weighted by molar-refractivity contribution is 0.230. The summed E-state index contributed by atoms with van der Waals surface area (Å²) in [4.78, 5) is 9.54. The van der Waals surface area contributed by atoms with Crippen LogP contribution in [0.5, 0.6) is 0 Å². The molecule has 0 amide bonds. The Balaban J connectivity index is 1.50. The van der Waals surface area contributed by atoms with Crippen LogP contribution in [0.2, 0.25) is 0 Å². The fourth-order valence-corrected chi connectivity index (χ4v) is 5.80. The van der Waals surface area contributed by atoms with Gasteiger partial charge in [0.25, 0.3) is 0 Å². The molecule has 3 N–H and O–H groups in total. The molecular weight excluding hydrogens is 518 g/mol. The highest BCUT2D eigenvalue weighted by atomic mass is 35.5. The summed E-state index contributed by atoms with van der Waals surface area (Å²) in [6.07, 6.45) is 1.97. The first-order valence-electron chi connectivity index (χ1n) is 13.4. The maximum Gasteiger partial charge on any atom is 0.198 e. The van der Waals surface area contributed by atoms with Crippen molar-refractivity contribution in [1.82, 2.24) is 14.9 Å². The zero-order chi connectivity index (χ0) is 27.4. The molecule has 2 heterocycles. The zero-order valence-electron chi connectivity index (χ0n) is 21.9. The van der Waals surface area contributed by atoms with Gasteiger partial charge in [0.1, 0.15) is 23.2 Å². The maximum absolute atomic E-state index is 10.2. The molecule has 0 saturated heterocycles. The Kier molecular flexibility index (Phi) is 7.47. The van der Waals surface area contributed by atoms with Crippen molar-refractivity contribution >= 4 is 22.7 Å². The van der Waals surface area contributed by atoms with Crippen molar-refractivity contribution in [1.29, 1.82) is 0 Å². The van der Waals surface area contributed by atoms with Gasteiger partial charge in [0.2, 0.25) is 0 Å². The molecule has 1 aliphatic rings. The number of aromatic nitrogens is 2. The van der Waals surface area contributed by atoms with Gasteiger partial charge in [-0.2, -0.15) is 0 Å². The van der Waals surface area contributed by atoms with E-state index < -0.39 is 11.7 Å². The summed E-state index contributed by atoms with van der Waals surface area (Å²) in [5.74, 6) is 0.741. The molecule has 0 radical (unpaired) electrons. The third-order valence-corrected chi connectivity index (χ3v) is 7.59. The number of fused-ring (bicyclic) bond motifs is 1. The third-order valence-electron chi connectivity index (χ3n) is 7.39. The molecular formula is C33H30ClN5O. The first-order valence-corrected chi connectivity index (χ1v) is 13.7. The number of hydrogen-bond acceptors (Lipinski definition) is 5. The minimum atomic E-state index is -0.753. The van der Waals surface area contributed by atoms with E-state index in [9.17, 15) is 5.11 Å². The number of imidazole rings is 1. The Bertz CT molecular complexity index is 1480. The van der Waals surface area contributed by atoms with Crippen LogP contribution in [-0.2, 0) is 12.0 Å². The van der Waals surface area contributed by atoms with E-state index in [1.807, 2.05) is 42.7 Å². The second-order valence-electron chi connectivity index (χ2n) is 9.84. The summed E-state index contributed by atoms with van der Waals surface area (Å²) in [5, 5.41) is 17.3. The molecule has 0 spiro atoms. The molecule has 200 valence electrons. The number of hydrogen-bond donors (Lipinski definition) is 3. The SMILES string of the molecule is OCC(Cc1ccccc1)N[C@H]1N=C(Cl)Nc2c1ncn2C(c1ccccc1)(c1ccccc1)c1ccccc1. The lowest BCUT2D eigenvalue weighted by atomic mass is 9.76. The van der Waals surface area contributed by atoms with Crippen LogP contribution in [-0.4, -0.2) is 32.6 Å². The summed E-state index contributed by atoms with van der Waals surface area (Å²) < 4.78 is 2.15. The summed E-state index contributed by atoms with van der Waals surface area (Å²) in [7, 11) is 0.